The summed E-state index contributed by atoms with van der Waals surface area (Å²) in [5, 5.41) is 9.52. The summed E-state index contributed by atoms with van der Waals surface area (Å²) in [6.45, 7) is 5.98. The first kappa shape index (κ1) is 13.0. The van der Waals surface area contributed by atoms with E-state index in [4.69, 9.17) is 0 Å². The van der Waals surface area contributed by atoms with Crippen LogP contribution >= 0.6 is 0 Å². The summed E-state index contributed by atoms with van der Waals surface area (Å²) in [5.41, 5.74) is 0. The van der Waals surface area contributed by atoms with Crippen LogP contribution in [0.2, 0.25) is 0 Å². The lowest BCUT2D eigenvalue weighted by atomic mass is 10.0. The third-order valence-corrected chi connectivity index (χ3v) is 2.43. The summed E-state index contributed by atoms with van der Waals surface area (Å²) >= 11 is 0. The molecule has 1 nitrogen and oxygen atoms in total. The molecule has 1 unspecified atom stereocenters. The quantitative estimate of drug-likeness (QED) is 0.543. The Morgan fingerprint density at radius 1 is 1.00 bits per heavy atom. The third-order valence-electron chi connectivity index (χ3n) is 2.43. The van der Waals surface area contributed by atoms with Gasteiger partial charge in [0.1, 0.15) is 0 Å². The molecule has 1 N–H and O–H groups in total. The number of unbranched alkanes of at least 4 members (excludes halogenated alkanes) is 5. The number of aliphatic hydroxyl groups excluding tert-OH is 1. The third kappa shape index (κ3) is 9.88. The van der Waals surface area contributed by atoms with Gasteiger partial charge in [0.15, 0.2) is 0 Å². The van der Waals surface area contributed by atoms with Crippen molar-refractivity contribution in [1.29, 1.82) is 0 Å². The fourth-order valence-corrected chi connectivity index (χ4v) is 1.49. The van der Waals surface area contributed by atoms with Crippen LogP contribution in [0.1, 0.15) is 64.7 Å². The Morgan fingerprint density at radius 2 is 1.62 bits per heavy atom. The van der Waals surface area contributed by atoms with Crippen molar-refractivity contribution in [1.82, 2.24) is 0 Å². The van der Waals surface area contributed by atoms with E-state index in [1.807, 2.05) is 0 Å². The molecule has 0 aromatic heterocycles. The van der Waals surface area contributed by atoms with Crippen molar-refractivity contribution in [2.45, 2.75) is 70.8 Å². The molecule has 1 atom stereocenters. The van der Waals surface area contributed by atoms with Crippen LogP contribution in [-0.2, 0) is 0 Å². The van der Waals surface area contributed by atoms with E-state index in [0.717, 1.165) is 19.3 Å². The molecule has 1 heteroatoms. The second-order valence-electron chi connectivity index (χ2n) is 3.85. The van der Waals surface area contributed by atoms with Crippen molar-refractivity contribution >= 4 is 0 Å². The molecule has 0 aromatic rings. The molecule has 0 fully saturated rings. The maximum Gasteiger partial charge on any atom is 0.0540 e. The minimum atomic E-state index is -0.0419. The van der Waals surface area contributed by atoms with Crippen LogP contribution in [0.15, 0.2) is 0 Å². The average Bonchev–Trinajstić information content (AvgIpc) is 2.14. The second-order valence-corrected chi connectivity index (χ2v) is 3.85. The van der Waals surface area contributed by atoms with Crippen molar-refractivity contribution in [3.8, 4) is 0 Å². The van der Waals surface area contributed by atoms with Crippen LogP contribution in [0.5, 0.6) is 0 Å². The Kier molecular flexibility index (Phi) is 10.0. The van der Waals surface area contributed by atoms with Gasteiger partial charge in [0.25, 0.3) is 0 Å². The lowest BCUT2D eigenvalue weighted by Crippen LogP contribution is -2.05. The molecular formula is C12H25O. The zero-order valence-electron chi connectivity index (χ0n) is 9.10. The summed E-state index contributed by atoms with van der Waals surface area (Å²) in [7, 11) is 0. The number of rotatable bonds is 9. The molecule has 0 spiro atoms. The lowest BCUT2D eigenvalue weighted by Gasteiger charge is -2.08. The standard InChI is InChI=1S/C12H25O/c1-3-5-7-8-9-11-12(13)10-6-4-2/h12-13H,1,3-11H2,2H3. The summed E-state index contributed by atoms with van der Waals surface area (Å²) in [4.78, 5) is 0. The Balaban J connectivity index is 3.03. The van der Waals surface area contributed by atoms with E-state index >= 15 is 0 Å². The van der Waals surface area contributed by atoms with Crippen LogP contribution in [0.25, 0.3) is 0 Å². The Hall–Kier alpha value is -0.0400. The molecule has 0 rings (SSSR count). The largest absolute Gasteiger partial charge is 0.393 e. The normalized spacial score (nSPS) is 13.2. The van der Waals surface area contributed by atoms with E-state index in [2.05, 4.69) is 13.8 Å². The molecule has 0 aliphatic heterocycles. The molecule has 0 saturated heterocycles. The van der Waals surface area contributed by atoms with E-state index < -0.39 is 0 Å². The molecule has 0 aromatic carbocycles. The van der Waals surface area contributed by atoms with E-state index in [0.29, 0.717) is 0 Å². The number of aliphatic hydroxyl groups is 1. The first-order valence-electron chi connectivity index (χ1n) is 5.78. The van der Waals surface area contributed by atoms with E-state index in [-0.39, 0.29) is 6.10 Å². The molecule has 0 aliphatic rings. The van der Waals surface area contributed by atoms with Gasteiger partial charge in [-0.15, -0.1) is 0 Å². The van der Waals surface area contributed by atoms with Gasteiger partial charge in [-0.1, -0.05) is 58.8 Å². The SMILES string of the molecule is [CH2]CCCCCCC(O)CCCC. The van der Waals surface area contributed by atoms with Gasteiger partial charge in [-0.2, -0.15) is 0 Å². The molecule has 1 radical (unpaired) electrons. The Bertz CT molecular complexity index is 91.1. The van der Waals surface area contributed by atoms with Crippen LogP contribution in [0, 0.1) is 6.92 Å². The van der Waals surface area contributed by atoms with Gasteiger partial charge in [0.05, 0.1) is 6.10 Å². The predicted octanol–water partition coefficient (Wildman–Crippen LogP) is 3.71. The molecule has 0 saturated carbocycles. The zero-order chi connectivity index (χ0) is 9.94. The van der Waals surface area contributed by atoms with Crippen LogP contribution < -0.4 is 0 Å². The molecule has 0 heterocycles. The highest BCUT2D eigenvalue weighted by molar-refractivity contribution is 4.56. The number of hydrogen-bond acceptors (Lipinski definition) is 1. The van der Waals surface area contributed by atoms with Gasteiger partial charge in [-0.05, 0) is 12.8 Å². The van der Waals surface area contributed by atoms with Crippen molar-refractivity contribution in [3.63, 3.8) is 0 Å². The van der Waals surface area contributed by atoms with Gasteiger partial charge in [0, 0.05) is 0 Å². The highest BCUT2D eigenvalue weighted by Crippen LogP contribution is 2.10. The average molecular weight is 185 g/mol. The van der Waals surface area contributed by atoms with Crippen molar-refractivity contribution in [2.75, 3.05) is 0 Å². The lowest BCUT2D eigenvalue weighted by molar-refractivity contribution is 0.148. The van der Waals surface area contributed by atoms with E-state index in [1.54, 1.807) is 0 Å². The predicted molar refractivity (Wildman–Crippen MR) is 58.6 cm³/mol. The summed E-state index contributed by atoms with van der Waals surface area (Å²) in [6, 6.07) is 0. The van der Waals surface area contributed by atoms with Crippen molar-refractivity contribution in [2.24, 2.45) is 0 Å². The number of hydrogen-bond donors (Lipinski definition) is 1. The Labute approximate surface area is 83.5 Å². The fraction of sp³-hybridized carbons (Fsp3) is 0.917. The molecule has 0 amide bonds. The topological polar surface area (TPSA) is 20.2 Å². The highest BCUT2D eigenvalue weighted by atomic mass is 16.3. The molecule has 0 aliphatic carbocycles. The van der Waals surface area contributed by atoms with Crippen molar-refractivity contribution < 1.29 is 5.11 Å². The monoisotopic (exact) mass is 185 g/mol. The maximum absolute atomic E-state index is 9.52. The van der Waals surface area contributed by atoms with Gasteiger partial charge < -0.3 is 5.11 Å². The first-order valence-corrected chi connectivity index (χ1v) is 5.78. The van der Waals surface area contributed by atoms with Gasteiger partial charge >= 0.3 is 0 Å². The maximum atomic E-state index is 9.52. The van der Waals surface area contributed by atoms with E-state index in [1.165, 1.54) is 38.5 Å². The van der Waals surface area contributed by atoms with Gasteiger partial charge in [-0.3, -0.25) is 0 Å². The second kappa shape index (κ2) is 10.0. The zero-order valence-corrected chi connectivity index (χ0v) is 9.10. The Morgan fingerprint density at radius 3 is 2.23 bits per heavy atom. The fourth-order valence-electron chi connectivity index (χ4n) is 1.49. The molecule has 13 heavy (non-hydrogen) atoms. The molecule has 79 valence electrons. The smallest absolute Gasteiger partial charge is 0.0540 e. The van der Waals surface area contributed by atoms with Crippen LogP contribution in [0.3, 0.4) is 0 Å². The van der Waals surface area contributed by atoms with Gasteiger partial charge in [-0.25, -0.2) is 0 Å². The van der Waals surface area contributed by atoms with Gasteiger partial charge in [0.2, 0.25) is 0 Å². The first-order chi connectivity index (χ1) is 6.31. The molecular weight excluding hydrogens is 160 g/mol. The van der Waals surface area contributed by atoms with Crippen molar-refractivity contribution in [3.05, 3.63) is 6.92 Å². The van der Waals surface area contributed by atoms with Crippen LogP contribution in [-0.4, -0.2) is 11.2 Å². The van der Waals surface area contributed by atoms with E-state index in [9.17, 15) is 5.11 Å². The minimum absolute atomic E-state index is 0.0419. The summed E-state index contributed by atoms with van der Waals surface area (Å²) < 4.78 is 0. The minimum Gasteiger partial charge on any atom is -0.393 e. The highest BCUT2D eigenvalue weighted by Gasteiger charge is 2.01. The molecule has 0 bridgehead atoms. The summed E-state index contributed by atoms with van der Waals surface area (Å²) in [6.07, 6.45) is 10.3. The summed E-state index contributed by atoms with van der Waals surface area (Å²) in [5.74, 6) is 0. The van der Waals surface area contributed by atoms with Crippen LogP contribution in [0.4, 0.5) is 0 Å².